The highest BCUT2D eigenvalue weighted by atomic mass is 15.0. The van der Waals surface area contributed by atoms with Crippen LogP contribution >= 0.6 is 0 Å². The summed E-state index contributed by atoms with van der Waals surface area (Å²) in [5, 5.41) is 3.80. The van der Waals surface area contributed by atoms with Gasteiger partial charge in [0.15, 0.2) is 0 Å². The first-order chi connectivity index (χ1) is 10.2. The van der Waals surface area contributed by atoms with E-state index in [1.54, 1.807) is 0 Å². The smallest absolute Gasteiger partial charge is 0.0597 e. The summed E-state index contributed by atoms with van der Waals surface area (Å²) in [5.74, 6) is 0.564. The van der Waals surface area contributed by atoms with Gasteiger partial charge in [0.1, 0.15) is 0 Å². The minimum atomic E-state index is 0.270. The maximum atomic E-state index is 4.30. The van der Waals surface area contributed by atoms with E-state index in [9.17, 15) is 0 Å². The van der Waals surface area contributed by atoms with E-state index >= 15 is 0 Å². The van der Waals surface area contributed by atoms with E-state index in [0.29, 0.717) is 12.0 Å². The fourth-order valence-corrected chi connectivity index (χ4v) is 3.16. The van der Waals surface area contributed by atoms with Crippen LogP contribution in [0, 0.1) is 0 Å². The van der Waals surface area contributed by atoms with Crippen molar-refractivity contribution in [2.45, 2.75) is 51.6 Å². The Morgan fingerprint density at radius 3 is 2.81 bits per heavy atom. The highest BCUT2D eigenvalue weighted by Crippen LogP contribution is 2.33. The molecule has 2 heterocycles. The Balaban J connectivity index is 2.06. The van der Waals surface area contributed by atoms with Crippen LogP contribution in [-0.2, 0) is 6.42 Å². The first kappa shape index (κ1) is 14.3. The van der Waals surface area contributed by atoms with Crippen molar-refractivity contribution in [1.82, 2.24) is 10.3 Å². The number of aromatic nitrogens is 1. The molecule has 3 rings (SSSR count). The Bertz CT molecular complexity index is 604. The summed E-state index contributed by atoms with van der Waals surface area (Å²) in [7, 11) is 0. The molecule has 110 valence electrons. The lowest BCUT2D eigenvalue weighted by Crippen LogP contribution is -2.39. The molecule has 0 amide bonds. The van der Waals surface area contributed by atoms with Crippen molar-refractivity contribution in [2.24, 2.45) is 0 Å². The average molecular weight is 280 g/mol. The molecule has 0 saturated carbocycles. The standard InChI is InChI=1S/C19H24N2/c1-4-17-10-15-8-7-14(13(2)3)11-18(15)19(21-17)16-6-5-9-20-12-16/h5-9,11-13,17,19,21H,4,10H2,1-3H3. The van der Waals surface area contributed by atoms with Gasteiger partial charge in [-0.05, 0) is 47.1 Å². The zero-order valence-corrected chi connectivity index (χ0v) is 13.1. The quantitative estimate of drug-likeness (QED) is 0.910. The molecule has 0 saturated heterocycles. The third kappa shape index (κ3) is 2.86. The highest BCUT2D eigenvalue weighted by molar-refractivity contribution is 5.42. The number of nitrogens with one attached hydrogen (secondary N) is 1. The van der Waals surface area contributed by atoms with Gasteiger partial charge in [-0.15, -0.1) is 0 Å². The molecule has 0 fully saturated rings. The molecule has 2 aromatic rings. The summed E-state index contributed by atoms with van der Waals surface area (Å²) in [6.45, 7) is 6.77. The summed E-state index contributed by atoms with van der Waals surface area (Å²) in [5.41, 5.74) is 5.59. The first-order valence-corrected chi connectivity index (χ1v) is 7.97. The molecule has 0 spiro atoms. The Morgan fingerprint density at radius 1 is 1.29 bits per heavy atom. The van der Waals surface area contributed by atoms with Crippen molar-refractivity contribution in [2.75, 3.05) is 0 Å². The summed E-state index contributed by atoms with van der Waals surface area (Å²) < 4.78 is 0. The van der Waals surface area contributed by atoms with Crippen molar-refractivity contribution in [1.29, 1.82) is 0 Å². The first-order valence-electron chi connectivity index (χ1n) is 7.97. The second kappa shape index (κ2) is 5.98. The molecule has 1 aliphatic heterocycles. The lowest BCUT2D eigenvalue weighted by molar-refractivity contribution is 0.426. The number of rotatable bonds is 3. The van der Waals surface area contributed by atoms with Crippen LogP contribution in [0.25, 0.3) is 0 Å². The molecule has 0 aliphatic carbocycles. The van der Waals surface area contributed by atoms with Gasteiger partial charge in [-0.25, -0.2) is 0 Å². The zero-order chi connectivity index (χ0) is 14.8. The molecule has 2 nitrogen and oxygen atoms in total. The van der Waals surface area contributed by atoms with Crippen LogP contribution in [0.1, 0.15) is 61.4 Å². The molecule has 2 atom stereocenters. The van der Waals surface area contributed by atoms with Gasteiger partial charge in [0.2, 0.25) is 0 Å². The highest BCUT2D eigenvalue weighted by Gasteiger charge is 2.26. The van der Waals surface area contributed by atoms with E-state index in [1.807, 2.05) is 18.5 Å². The van der Waals surface area contributed by atoms with Crippen molar-refractivity contribution in [3.8, 4) is 0 Å². The van der Waals surface area contributed by atoms with E-state index < -0.39 is 0 Å². The van der Waals surface area contributed by atoms with Crippen molar-refractivity contribution >= 4 is 0 Å². The number of pyridine rings is 1. The molecule has 1 aromatic heterocycles. The number of fused-ring (bicyclic) bond motifs is 1. The van der Waals surface area contributed by atoms with Crippen LogP contribution < -0.4 is 5.32 Å². The third-order valence-electron chi connectivity index (χ3n) is 4.53. The summed E-state index contributed by atoms with van der Waals surface area (Å²) in [6.07, 6.45) is 6.11. The molecule has 0 radical (unpaired) electrons. The SMILES string of the molecule is CCC1Cc2ccc(C(C)C)cc2C(c2cccnc2)N1. The van der Waals surface area contributed by atoms with E-state index in [2.05, 4.69) is 55.3 Å². The second-order valence-electron chi connectivity index (χ2n) is 6.31. The Morgan fingerprint density at radius 2 is 2.14 bits per heavy atom. The summed E-state index contributed by atoms with van der Waals surface area (Å²) in [6, 6.07) is 12.0. The minimum absolute atomic E-state index is 0.270. The maximum absolute atomic E-state index is 4.30. The van der Waals surface area contributed by atoms with Gasteiger partial charge in [-0.3, -0.25) is 4.98 Å². The fourth-order valence-electron chi connectivity index (χ4n) is 3.16. The van der Waals surface area contributed by atoms with Crippen LogP contribution in [0.4, 0.5) is 0 Å². The van der Waals surface area contributed by atoms with E-state index in [-0.39, 0.29) is 6.04 Å². The molecule has 1 aromatic carbocycles. The largest absolute Gasteiger partial charge is 0.303 e. The summed E-state index contributed by atoms with van der Waals surface area (Å²) >= 11 is 0. The number of benzene rings is 1. The number of hydrogen-bond acceptors (Lipinski definition) is 2. The average Bonchev–Trinajstić information content (AvgIpc) is 2.54. The van der Waals surface area contributed by atoms with Gasteiger partial charge in [0.05, 0.1) is 6.04 Å². The monoisotopic (exact) mass is 280 g/mol. The summed E-state index contributed by atoms with van der Waals surface area (Å²) in [4.78, 5) is 4.30. The molecule has 0 bridgehead atoms. The van der Waals surface area contributed by atoms with E-state index in [0.717, 1.165) is 12.8 Å². The van der Waals surface area contributed by atoms with Gasteiger partial charge < -0.3 is 5.32 Å². The van der Waals surface area contributed by atoms with E-state index in [4.69, 9.17) is 0 Å². The third-order valence-corrected chi connectivity index (χ3v) is 4.53. The molecule has 1 aliphatic rings. The van der Waals surface area contributed by atoms with Crippen LogP contribution in [-0.4, -0.2) is 11.0 Å². The second-order valence-corrected chi connectivity index (χ2v) is 6.31. The van der Waals surface area contributed by atoms with Crippen LogP contribution in [0.5, 0.6) is 0 Å². The lowest BCUT2D eigenvalue weighted by Gasteiger charge is -2.33. The van der Waals surface area contributed by atoms with Gasteiger partial charge in [-0.2, -0.15) is 0 Å². The number of hydrogen-bond donors (Lipinski definition) is 1. The van der Waals surface area contributed by atoms with Crippen LogP contribution in [0.2, 0.25) is 0 Å². The molecule has 21 heavy (non-hydrogen) atoms. The lowest BCUT2D eigenvalue weighted by atomic mass is 9.84. The Kier molecular flexibility index (Phi) is 4.07. The number of nitrogens with zero attached hydrogens (tertiary/aromatic N) is 1. The fraction of sp³-hybridized carbons (Fsp3) is 0.421. The van der Waals surface area contributed by atoms with Crippen molar-refractivity contribution in [3.05, 3.63) is 65.0 Å². The van der Waals surface area contributed by atoms with Gasteiger partial charge in [0.25, 0.3) is 0 Å². The molecular weight excluding hydrogens is 256 g/mol. The van der Waals surface area contributed by atoms with Crippen LogP contribution in [0.3, 0.4) is 0 Å². The minimum Gasteiger partial charge on any atom is -0.303 e. The normalized spacial score (nSPS) is 21.3. The maximum Gasteiger partial charge on any atom is 0.0597 e. The predicted molar refractivity (Wildman–Crippen MR) is 87.5 cm³/mol. The predicted octanol–water partition coefficient (Wildman–Crippen LogP) is 4.22. The Labute approximate surface area is 127 Å². The molecule has 2 unspecified atom stereocenters. The molecule has 2 heteroatoms. The molecular formula is C19H24N2. The van der Waals surface area contributed by atoms with Gasteiger partial charge in [-0.1, -0.05) is 45.0 Å². The van der Waals surface area contributed by atoms with Crippen molar-refractivity contribution in [3.63, 3.8) is 0 Å². The van der Waals surface area contributed by atoms with E-state index in [1.165, 1.54) is 22.3 Å². The van der Waals surface area contributed by atoms with Crippen molar-refractivity contribution < 1.29 is 0 Å². The molecule has 1 N–H and O–H groups in total. The topological polar surface area (TPSA) is 24.9 Å². The zero-order valence-electron chi connectivity index (χ0n) is 13.1. The Hall–Kier alpha value is -1.67. The van der Waals surface area contributed by atoms with Crippen LogP contribution in [0.15, 0.2) is 42.7 Å². The van der Waals surface area contributed by atoms with Gasteiger partial charge in [0, 0.05) is 18.4 Å². The van der Waals surface area contributed by atoms with Gasteiger partial charge >= 0.3 is 0 Å².